The third-order valence-electron chi connectivity index (χ3n) is 9.09. The van der Waals surface area contributed by atoms with Gasteiger partial charge in [-0.05, 0) is 54.6 Å². The predicted octanol–water partition coefficient (Wildman–Crippen LogP) is 5.82. The second kappa shape index (κ2) is 9.96. The number of rotatable bonds is 9. The molecule has 186 valence electrons. The van der Waals surface area contributed by atoms with Gasteiger partial charge < -0.3 is 9.47 Å². The van der Waals surface area contributed by atoms with Crippen LogP contribution < -0.4 is 0 Å². The largest absolute Gasteiger partial charge is 0.469 e. The molecule has 0 amide bonds. The molecule has 5 nitrogen and oxygen atoms in total. The number of cyclic esters (lactones) is 2. The Morgan fingerprint density at radius 3 is 2.20 bits per heavy atom. The Labute approximate surface area is 208 Å². The first-order valence-corrected chi connectivity index (χ1v) is 12.7. The summed E-state index contributed by atoms with van der Waals surface area (Å²) in [5.41, 5.74) is 2.59. The Morgan fingerprint density at radius 2 is 1.66 bits per heavy atom. The number of ether oxygens (including phenoxy) is 2. The van der Waals surface area contributed by atoms with Crippen molar-refractivity contribution >= 4 is 17.9 Å². The van der Waals surface area contributed by atoms with Gasteiger partial charge >= 0.3 is 17.9 Å². The molecule has 1 aliphatic heterocycles. The highest BCUT2D eigenvalue weighted by Gasteiger charge is 2.57. The second-order valence-corrected chi connectivity index (χ2v) is 10.6. The molecule has 0 N–H and O–H groups in total. The lowest BCUT2D eigenvalue weighted by Gasteiger charge is -2.60. The van der Waals surface area contributed by atoms with Gasteiger partial charge in [0.25, 0.3) is 0 Å². The number of benzene rings is 2. The van der Waals surface area contributed by atoms with Gasteiger partial charge in [-0.1, -0.05) is 81.4 Å². The van der Waals surface area contributed by atoms with Gasteiger partial charge in [0.1, 0.15) is 0 Å². The van der Waals surface area contributed by atoms with E-state index in [1.165, 1.54) is 12.7 Å². The second-order valence-electron chi connectivity index (χ2n) is 10.6. The molecule has 2 aliphatic rings. The van der Waals surface area contributed by atoms with E-state index in [0.717, 1.165) is 31.2 Å². The van der Waals surface area contributed by atoms with Crippen LogP contribution in [0.1, 0.15) is 69.9 Å². The molecule has 2 aromatic carbocycles. The summed E-state index contributed by atoms with van der Waals surface area (Å²) >= 11 is 0. The molecule has 0 spiro atoms. The first-order valence-electron chi connectivity index (χ1n) is 12.7. The zero-order valence-electron chi connectivity index (χ0n) is 21.2. The van der Waals surface area contributed by atoms with Crippen LogP contribution in [-0.2, 0) is 29.3 Å². The van der Waals surface area contributed by atoms with Crippen molar-refractivity contribution in [1.29, 1.82) is 0 Å². The topological polar surface area (TPSA) is 69.7 Å². The summed E-state index contributed by atoms with van der Waals surface area (Å²) in [5.74, 6) is -3.87. The normalized spacial score (nSPS) is 29.7. The van der Waals surface area contributed by atoms with Crippen LogP contribution in [0.2, 0.25) is 0 Å². The van der Waals surface area contributed by atoms with Gasteiger partial charge in [-0.3, -0.25) is 14.4 Å². The van der Waals surface area contributed by atoms with E-state index in [4.69, 9.17) is 9.47 Å². The van der Waals surface area contributed by atoms with Crippen molar-refractivity contribution in [3.05, 3.63) is 71.8 Å². The molecule has 0 aromatic heterocycles. The highest BCUT2D eigenvalue weighted by molar-refractivity contribution is 5.98. The van der Waals surface area contributed by atoms with Gasteiger partial charge in [0.2, 0.25) is 0 Å². The molecular weight excluding hydrogens is 440 g/mol. The van der Waals surface area contributed by atoms with E-state index in [-0.39, 0.29) is 16.7 Å². The molecule has 2 fully saturated rings. The number of hydrogen-bond donors (Lipinski definition) is 0. The minimum atomic E-state index is -0.826. The lowest BCUT2D eigenvalue weighted by Crippen LogP contribution is -2.53. The molecule has 35 heavy (non-hydrogen) atoms. The standard InChI is InChI=1S/C30H36O5/c1-5-29(3)16-17-30(29,23-14-10-7-11-15-23)19-22(21-12-8-6-9-13-21)18-24-25(20(2)26(31)34-4)28(33)35-27(24)32/h6-15,20,22,24-25H,5,16-19H2,1-4H3. The molecule has 4 rings (SSSR count). The molecule has 0 bridgehead atoms. The lowest BCUT2D eigenvalue weighted by molar-refractivity contribution is -0.157. The van der Waals surface area contributed by atoms with Crippen LogP contribution in [0.25, 0.3) is 0 Å². The summed E-state index contributed by atoms with van der Waals surface area (Å²) in [6.45, 7) is 6.28. The summed E-state index contributed by atoms with van der Waals surface area (Å²) in [4.78, 5) is 37.8. The number of methoxy groups -OCH3 is 1. The number of esters is 3. The Kier molecular flexibility index (Phi) is 7.16. The van der Waals surface area contributed by atoms with Crippen LogP contribution in [0.4, 0.5) is 0 Å². The highest BCUT2D eigenvalue weighted by Crippen LogP contribution is 2.63. The van der Waals surface area contributed by atoms with Crippen LogP contribution in [0.3, 0.4) is 0 Å². The van der Waals surface area contributed by atoms with E-state index < -0.39 is 35.7 Å². The summed E-state index contributed by atoms with van der Waals surface area (Å²) in [5, 5.41) is 0. The van der Waals surface area contributed by atoms with Gasteiger partial charge in [-0.15, -0.1) is 0 Å². The van der Waals surface area contributed by atoms with Crippen LogP contribution >= 0.6 is 0 Å². The Morgan fingerprint density at radius 1 is 1.03 bits per heavy atom. The smallest absolute Gasteiger partial charge is 0.318 e. The summed E-state index contributed by atoms with van der Waals surface area (Å²) in [6.07, 6.45) is 4.62. The van der Waals surface area contributed by atoms with Crippen molar-refractivity contribution in [2.24, 2.45) is 23.2 Å². The molecule has 6 unspecified atom stereocenters. The fourth-order valence-electron chi connectivity index (χ4n) is 6.56. The Balaban J connectivity index is 1.73. The molecule has 1 heterocycles. The predicted molar refractivity (Wildman–Crippen MR) is 133 cm³/mol. The maximum atomic E-state index is 12.9. The van der Waals surface area contributed by atoms with Gasteiger partial charge in [0.15, 0.2) is 0 Å². The molecule has 0 radical (unpaired) electrons. The third-order valence-corrected chi connectivity index (χ3v) is 9.09. The molecule has 6 atom stereocenters. The van der Waals surface area contributed by atoms with Gasteiger partial charge in [-0.25, -0.2) is 0 Å². The van der Waals surface area contributed by atoms with Crippen molar-refractivity contribution in [1.82, 2.24) is 0 Å². The zero-order valence-corrected chi connectivity index (χ0v) is 21.2. The molecule has 1 saturated heterocycles. The van der Waals surface area contributed by atoms with E-state index >= 15 is 0 Å². The first-order chi connectivity index (χ1) is 16.8. The van der Waals surface area contributed by atoms with E-state index in [1.807, 2.05) is 24.3 Å². The average molecular weight is 477 g/mol. The average Bonchev–Trinajstić information content (AvgIpc) is 3.17. The van der Waals surface area contributed by atoms with Crippen LogP contribution in [0.15, 0.2) is 60.7 Å². The van der Waals surface area contributed by atoms with Gasteiger partial charge in [0.05, 0.1) is 24.9 Å². The van der Waals surface area contributed by atoms with E-state index in [2.05, 4.69) is 50.2 Å². The van der Waals surface area contributed by atoms with Crippen molar-refractivity contribution < 1.29 is 23.9 Å². The fraction of sp³-hybridized carbons (Fsp3) is 0.500. The molecule has 5 heteroatoms. The molecule has 1 aliphatic carbocycles. The number of carbonyl (C=O) groups excluding carboxylic acids is 3. The maximum Gasteiger partial charge on any atom is 0.318 e. The van der Waals surface area contributed by atoms with E-state index in [9.17, 15) is 14.4 Å². The molecule has 1 saturated carbocycles. The Hall–Kier alpha value is -2.95. The van der Waals surface area contributed by atoms with E-state index in [1.54, 1.807) is 6.92 Å². The van der Waals surface area contributed by atoms with Gasteiger partial charge in [-0.2, -0.15) is 0 Å². The third kappa shape index (κ3) is 4.41. The van der Waals surface area contributed by atoms with Crippen LogP contribution in [-0.4, -0.2) is 25.0 Å². The SMILES string of the molecule is CCC1(C)CCC1(CC(CC1C(=O)OC(=O)C1C(C)C(=O)OC)c1ccccc1)c1ccccc1. The molecule has 2 aromatic rings. The maximum absolute atomic E-state index is 12.9. The minimum Gasteiger partial charge on any atom is -0.469 e. The van der Waals surface area contributed by atoms with Crippen molar-refractivity contribution in [3.63, 3.8) is 0 Å². The van der Waals surface area contributed by atoms with Gasteiger partial charge in [0, 0.05) is 5.41 Å². The van der Waals surface area contributed by atoms with Crippen molar-refractivity contribution in [3.8, 4) is 0 Å². The zero-order chi connectivity index (χ0) is 25.2. The summed E-state index contributed by atoms with van der Waals surface area (Å²) < 4.78 is 9.97. The lowest BCUT2D eigenvalue weighted by atomic mass is 9.44. The van der Waals surface area contributed by atoms with Crippen LogP contribution in [0, 0.1) is 23.2 Å². The highest BCUT2D eigenvalue weighted by atomic mass is 16.6. The fourth-order valence-corrected chi connectivity index (χ4v) is 6.56. The van der Waals surface area contributed by atoms with Crippen molar-refractivity contribution in [2.45, 2.75) is 64.2 Å². The monoisotopic (exact) mass is 476 g/mol. The first kappa shape index (κ1) is 25.2. The number of hydrogen-bond acceptors (Lipinski definition) is 5. The number of carbonyl (C=O) groups is 3. The quantitative estimate of drug-likeness (QED) is 0.337. The molecular formula is C30H36O5. The minimum absolute atomic E-state index is 0.0263. The van der Waals surface area contributed by atoms with Crippen molar-refractivity contribution in [2.75, 3.05) is 7.11 Å². The summed E-state index contributed by atoms with van der Waals surface area (Å²) in [6, 6.07) is 20.9. The Bertz CT molecular complexity index is 1060. The van der Waals surface area contributed by atoms with Crippen LogP contribution in [0.5, 0.6) is 0 Å². The van der Waals surface area contributed by atoms with E-state index in [0.29, 0.717) is 6.42 Å². The summed E-state index contributed by atoms with van der Waals surface area (Å²) in [7, 11) is 1.30.